The van der Waals surface area contributed by atoms with Gasteiger partial charge in [-0.1, -0.05) is 35.3 Å². The van der Waals surface area contributed by atoms with E-state index in [9.17, 15) is 9.18 Å². The smallest absolute Gasteiger partial charge is 0.355 e. The Hall–Kier alpha value is -1.65. The predicted molar refractivity (Wildman–Crippen MR) is 66.6 cm³/mol. The number of hydrogen-bond acceptors (Lipinski definition) is 2. The molecule has 0 unspecified atom stereocenters. The Balaban J connectivity index is 2.73. The van der Waals surface area contributed by atoms with E-state index >= 15 is 0 Å². The number of carboxylic acid groups (broad SMARTS) is 1. The lowest BCUT2D eigenvalue weighted by atomic mass is 10.0. The molecule has 0 saturated carbocycles. The third-order valence-corrected chi connectivity index (χ3v) is 3.12. The number of nitrogens with zero attached hydrogens (tertiary/aromatic N) is 1. The topological polar surface area (TPSA) is 50.2 Å². The molecule has 0 aliphatic carbocycles. The van der Waals surface area contributed by atoms with E-state index in [1.54, 1.807) is 18.2 Å². The van der Waals surface area contributed by atoms with Crippen molar-refractivity contribution in [1.82, 2.24) is 4.98 Å². The summed E-state index contributed by atoms with van der Waals surface area (Å²) in [6.45, 7) is 0. The van der Waals surface area contributed by atoms with Crippen LogP contribution < -0.4 is 0 Å². The van der Waals surface area contributed by atoms with Crippen molar-refractivity contribution in [1.29, 1.82) is 0 Å². The molecule has 18 heavy (non-hydrogen) atoms. The second kappa shape index (κ2) is 4.92. The number of rotatable bonds is 2. The first kappa shape index (κ1) is 12.8. The van der Waals surface area contributed by atoms with Gasteiger partial charge in [-0.25, -0.2) is 14.2 Å². The number of aromatic carboxylic acids is 1. The Morgan fingerprint density at radius 2 is 2.00 bits per heavy atom. The van der Waals surface area contributed by atoms with Gasteiger partial charge in [0.15, 0.2) is 5.69 Å². The fourth-order valence-corrected chi connectivity index (χ4v) is 1.93. The van der Waals surface area contributed by atoms with Gasteiger partial charge in [0.1, 0.15) is 5.82 Å². The molecular weight excluding hydrogens is 280 g/mol. The normalized spacial score (nSPS) is 10.4. The molecule has 3 nitrogen and oxygen atoms in total. The summed E-state index contributed by atoms with van der Waals surface area (Å²) < 4.78 is 13.2. The van der Waals surface area contributed by atoms with Gasteiger partial charge in [-0.3, -0.25) is 0 Å². The lowest BCUT2D eigenvalue weighted by Crippen LogP contribution is -2.04. The highest BCUT2D eigenvalue weighted by Gasteiger charge is 2.17. The summed E-state index contributed by atoms with van der Waals surface area (Å²) >= 11 is 11.8. The summed E-state index contributed by atoms with van der Waals surface area (Å²) in [5.74, 6) is -1.91. The van der Waals surface area contributed by atoms with Crippen LogP contribution in [0.25, 0.3) is 11.1 Å². The van der Waals surface area contributed by atoms with Crippen molar-refractivity contribution in [3.63, 3.8) is 0 Å². The van der Waals surface area contributed by atoms with E-state index < -0.39 is 11.8 Å². The lowest BCUT2D eigenvalue weighted by molar-refractivity contribution is 0.0691. The number of carbonyl (C=O) groups is 1. The van der Waals surface area contributed by atoms with Gasteiger partial charge >= 0.3 is 5.97 Å². The Labute approximate surface area is 112 Å². The maximum Gasteiger partial charge on any atom is 0.355 e. The minimum atomic E-state index is -1.26. The van der Waals surface area contributed by atoms with Crippen molar-refractivity contribution in [3.8, 4) is 11.1 Å². The summed E-state index contributed by atoms with van der Waals surface area (Å²) in [7, 11) is 0. The number of hydrogen-bond donors (Lipinski definition) is 1. The first-order valence-electron chi connectivity index (χ1n) is 4.84. The van der Waals surface area contributed by atoms with Crippen LogP contribution >= 0.6 is 23.2 Å². The molecule has 0 amide bonds. The highest BCUT2D eigenvalue weighted by atomic mass is 35.5. The first-order chi connectivity index (χ1) is 8.50. The van der Waals surface area contributed by atoms with Gasteiger partial charge in [-0.15, -0.1) is 0 Å². The summed E-state index contributed by atoms with van der Waals surface area (Å²) in [5, 5.41) is 9.44. The van der Waals surface area contributed by atoms with E-state index in [1.807, 2.05) is 0 Å². The van der Waals surface area contributed by atoms with Crippen LogP contribution in [-0.4, -0.2) is 16.1 Å². The average molecular weight is 286 g/mol. The monoisotopic (exact) mass is 285 g/mol. The number of halogens is 3. The van der Waals surface area contributed by atoms with Crippen LogP contribution in [0.3, 0.4) is 0 Å². The van der Waals surface area contributed by atoms with E-state index in [1.165, 1.54) is 0 Å². The molecule has 0 spiro atoms. The van der Waals surface area contributed by atoms with Crippen molar-refractivity contribution >= 4 is 29.2 Å². The van der Waals surface area contributed by atoms with Crippen LogP contribution in [0, 0.1) is 5.82 Å². The van der Waals surface area contributed by atoms with E-state index in [0.717, 1.165) is 12.3 Å². The van der Waals surface area contributed by atoms with Gasteiger partial charge in [0.05, 0.1) is 16.2 Å². The molecule has 0 atom stereocenters. The Morgan fingerprint density at radius 3 is 2.67 bits per heavy atom. The van der Waals surface area contributed by atoms with Crippen LogP contribution in [0.15, 0.2) is 30.5 Å². The summed E-state index contributed by atoms with van der Waals surface area (Å²) in [5.41, 5.74) is 0.143. The molecular formula is C12H6Cl2FNO2. The van der Waals surface area contributed by atoms with E-state index in [0.29, 0.717) is 5.56 Å². The highest BCUT2D eigenvalue weighted by molar-refractivity contribution is 6.43. The largest absolute Gasteiger partial charge is 0.476 e. The quantitative estimate of drug-likeness (QED) is 0.911. The van der Waals surface area contributed by atoms with Crippen molar-refractivity contribution < 1.29 is 14.3 Å². The number of aromatic nitrogens is 1. The van der Waals surface area contributed by atoms with Crippen LogP contribution in [0.4, 0.5) is 4.39 Å². The zero-order chi connectivity index (χ0) is 13.3. The van der Waals surface area contributed by atoms with Gasteiger partial charge in [0.2, 0.25) is 0 Å². The minimum Gasteiger partial charge on any atom is -0.476 e. The number of benzene rings is 1. The van der Waals surface area contributed by atoms with Crippen molar-refractivity contribution in [2.24, 2.45) is 0 Å². The fourth-order valence-electron chi connectivity index (χ4n) is 1.53. The standard InChI is InChI=1S/C12H6Cl2FNO2/c13-9-3-1-2-7(10(9)14)8-4-6(15)5-16-11(8)12(17)18/h1-5H,(H,17,18). The molecule has 1 aromatic heterocycles. The molecule has 0 aliphatic rings. The second-order valence-electron chi connectivity index (χ2n) is 3.46. The van der Waals surface area contributed by atoms with Gasteiger partial charge < -0.3 is 5.11 Å². The molecule has 1 N–H and O–H groups in total. The van der Waals surface area contributed by atoms with Crippen LogP contribution in [-0.2, 0) is 0 Å². The minimum absolute atomic E-state index is 0.0926. The zero-order valence-corrected chi connectivity index (χ0v) is 10.3. The SMILES string of the molecule is O=C(O)c1ncc(F)cc1-c1cccc(Cl)c1Cl. The van der Waals surface area contributed by atoms with Gasteiger partial charge in [-0.2, -0.15) is 0 Å². The molecule has 1 heterocycles. The molecule has 0 radical (unpaired) electrons. The summed E-state index contributed by atoms with van der Waals surface area (Å²) in [6, 6.07) is 5.77. The second-order valence-corrected chi connectivity index (χ2v) is 4.24. The zero-order valence-electron chi connectivity index (χ0n) is 8.82. The van der Waals surface area contributed by atoms with E-state index in [4.69, 9.17) is 28.3 Å². The molecule has 2 rings (SSSR count). The number of pyridine rings is 1. The van der Waals surface area contributed by atoms with Crippen molar-refractivity contribution in [2.75, 3.05) is 0 Å². The average Bonchev–Trinajstić information content (AvgIpc) is 2.32. The van der Waals surface area contributed by atoms with E-state index in [2.05, 4.69) is 4.98 Å². The molecule has 6 heteroatoms. The van der Waals surface area contributed by atoms with Gasteiger partial charge in [0, 0.05) is 11.1 Å². The van der Waals surface area contributed by atoms with Crippen LogP contribution in [0.1, 0.15) is 10.5 Å². The number of carboxylic acids is 1. The van der Waals surface area contributed by atoms with Crippen molar-refractivity contribution in [2.45, 2.75) is 0 Å². The third kappa shape index (κ3) is 2.30. The molecule has 0 fully saturated rings. The highest BCUT2D eigenvalue weighted by Crippen LogP contribution is 2.34. The van der Waals surface area contributed by atoms with Gasteiger partial charge in [-0.05, 0) is 12.1 Å². The van der Waals surface area contributed by atoms with Crippen molar-refractivity contribution in [3.05, 3.63) is 52.0 Å². The van der Waals surface area contributed by atoms with Crippen LogP contribution in [0.2, 0.25) is 10.0 Å². The fraction of sp³-hybridized carbons (Fsp3) is 0. The first-order valence-corrected chi connectivity index (χ1v) is 5.59. The molecule has 92 valence electrons. The Bertz CT molecular complexity index is 631. The molecule has 0 saturated heterocycles. The van der Waals surface area contributed by atoms with Crippen LogP contribution in [0.5, 0.6) is 0 Å². The maximum absolute atomic E-state index is 13.2. The maximum atomic E-state index is 13.2. The third-order valence-electron chi connectivity index (χ3n) is 2.30. The van der Waals surface area contributed by atoms with Gasteiger partial charge in [0.25, 0.3) is 0 Å². The molecule has 2 aromatic rings. The Kier molecular flexibility index (Phi) is 3.50. The summed E-state index contributed by atoms with van der Waals surface area (Å²) in [6.07, 6.45) is 0.839. The van der Waals surface area contributed by atoms with E-state index in [-0.39, 0.29) is 21.3 Å². The molecule has 0 bridgehead atoms. The Morgan fingerprint density at radius 1 is 1.28 bits per heavy atom. The molecule has 0 aliphatic heterocycles. The lowest BCUT2D eigenvalue weighted by Gasteiger charge is -2.08. The summed E-state index contributed by atoms with van der Waals surface area (Å²) in [4.78, 5) is 14.6. The molecule has 1 aromatic carbocycles. The predicted octanol–water partition coefficient (Wildman–Crippen LogP) is 3.89.